The van der Waals surface area contributed by atoms with Crippen molar-refractivity contribution in [1.82, 2.24) is 0 Å². The maximum absolute atomic E-state index is 6.48. The van der Waals surface area contributed by atoms with E-state index < -0.39 is 5.97 Å². The quantitative estimate of drug-likeness (QED) is 0.0608. The second-order valence-electron chi connectivity index (χ2n) is 15.3. The van der Waals surface area contributed by atoms with Gasteiger partial charge in [0.05, 0.1) is 6.61 Å². The smallest absolute Gasteiger partial charge is 0.310 e. The van der Waals surface area contributed by atoms with E-state index in [1.165, 1.54) is 122 Å². The Hall–Kier alpha value is -0.160. The predicted octanol–water partition coefficient (Wildman–Crippen LogP) is 12.4. The van der Waals surface area contributed by atoms with Gasteiger partial charge in [-0.1, -0.05) is 164 Å². The van der Waals surface area contributed by atoms with Crippen molar-refractivity contribution in [2.24, 2.45) is 10.8 Å². The van der Waals surface area contributed by atoms with Gasteiger partial charge in [-0.15, -0.1) is 0 Å². The van der Waals surface area contributed by atoms with Crippen LogP contribution in [0.3, 0.4) is 0 Å². The minimum Gasteiger partial charge on any atom is -0.370 e. The van der Waals surface area contributed by atoms with E-state index in [1.807, 2.05) is 0 Å². The second kappa shape index (κ2) is 26.1. The Balaban J connectivity index is 4.50. The summed E-state index contributed by atoms with van der Waals surface area (Å²) >= 11 is 0. The Labute approximate surface area is 265 Å². The van der Waals surface area contributed by atoms with Crippen molar-refractivity contribution in [2.75, 3.05) is 27.4 Å². The highest BCUT2D eigenvalue weighted by Gasteiger charge is 2.41. The lowest BCUT2D eigenvalue weighted by molar-refractivity contribution is -0.403. The highest BCUT2D eigenvalue weighted by Crippen LogP contribution is 2.28. The lowest BCUT2D eigenvalue weighted by Gasteiger charge is -2.37. The van der Waals surface area contributed by atoms with Gasteiger partial charge in [0, 0.05) is 20.8 Å². The van der Waals surface area contributed by atoms with Gasteiger partial charge >= 0.3 is 5.97 Å². The van der Waals surface area contributed by atoms with E-state index in [9.17, 15) is 0 Å². The van der Waals surface area contributed by atoms with Crippen LogP contribution in [0.1, 0.15) is 196 Å². The van der Waals surface area contributed by atoms with Crippen molar-refractivity contribution < 1.29 is 18.9 Å². The molecule has 0 bridgehead atoms. The van der Waals surface area contributed by atoms with Gasteiger partial charge < -0.3 is 18.9 Å². The summed E-state index contributed by atoms with van der Waals surface area (Å²) in [7, 11) is 3.41. The summed E-state index contributed by atoms with van der Waals surface area (Å²) in [4.78, 5) is 0. The molecule has 1 unspecified atom stereocenters. The first-order valence-corrected chi connectivity index (χ1v) is 18.4. The fourth-order valence-corrected chi connectivity index (χ4v) is 5.75. The molecule has 4 heteroatoms. The molecule has 0 aliphatic heterocycles. The largest absolute Gasteiger partial charge is 0.370 e. The van der Waals surface area contributed by atoms with Crippen molar-refractivity contribution in [3.8, 4) is 0 Å². The minimum atomic E-state index is -1.11. The minimum absolute atomic E-state index is 0.195. The summed E-state index contributed by atoms with van der Waals surface area (Å²) in [6.07, 6.45) is 28.9. The standard InChI is InChI=1S/C38H78O4/c1-10-11-12-13-20-25-30-35(41-33-28-23-18-14-16-21-26-31-36(2,3)4)38(39-8,40-9)42-34-29-24-19-15-17-22-27-32-37(5,6)7/h35H,10-34H2,1-9H3. The van der Waals surface area contributed by atoms with Crippen LogP contribution in [0.4, 0.5) is 0 Å². The normalized spacial score (nSPS) is 13.6. The van der Waals surface area contributed by atoms with Crippen LogP contribution in [0.2, 0.25) is 0 Å². The SMILES string of the molecule is CCCCCCCCC(OCCCCCCCCCC(C)(C)C)C(OC)(OC)OCCCCCCCCCC(C)(C)C. The monoisotopic (exact) mass is 599 g/mol. The van der Waals surface area contributed by atoms with Crippen molar-refractivity contribution in [3.05, 3.63) is 0 Å². The van der Waals surface area contributed by atoms with Crippen LogP contribution in [0.15, 0.2) is 0 Å². The van der Waals surface area contributed by atoms with E-state index in [1.54, 1.807) is 14.2 Å². The van der Waals surface area contributed by atoms with Crippen LogP contribution < -0.4 is 0 Å². The molecule has 0 heterocycles. The summed E-state index contributed by atoms with van der Waals surface area (Å²) in [5.74, 6) is -1.11. The molecule has 0 radical (unpaired) electrons. The van der Waals surface area contributed by atoms with Gasteiger partial charge in [0.1, 0.15) is 6.10 Å². The average Bonchev–Trinajstić information content (AvgIpc) is 2.93. The molecule has 42 heavy (non-hydrogen) atoms. The summed E-state index contributed by atoms with van der Waals surface area (Å²) < 4.78 is 24.7. The van der Waals surface area contributed by atoms with Gasteiger partial charge in [-0.2, -0.15) is 0 Å². The van der Waals surface area contributed by atoms with Crippen LogP contribution in [0, 0.1) is 10.8 Å². The third-order valence-electron chi connectivity index (χ3n) is 8.55. The fraction of sp³-hybridized carbons (Fsp3) is 1.00. The summed E-state index contributed by atoms with van der Waals surface area (Å²) in [5.41, 5.74) is 0.938. The number of ether oxygens (including phenoxy) is 4. The molecular formula is C38H78O4. The van der Waals surface area contributed by atoms with E-state index in [0.717, 1.165) is 32.3 Å². The molecule has 0 aliphatic rings. The number of unbranched alkanes of at least 4 members (excludes halogenated alkanes) is 17. The van der Waals surface area contributed by atoms with Crippen molar-refractivity contribution in [3.63, 3.8) is 0 Å². The van der Waals surface area contributed by atoms with Crippen LogP contribution in [0.25, 0.3) is 0 Å². The first kappa shape index (κ1) is 41.8. The average molecular weight is 599 g/mol. The molecule has 0 amide bonds. The zero-order valence-electron chi connectivity index (χ0n) is 30.4. The molecule has 0 aromatic rings. The highest BCUT2D eigenvalue weighted by atomic mass is 16.9. The number of rotatable bonds is 30. The van der Waals surface area contributed by atoms with E-state index >= 15 is 0 Å². The predicted molar refractivity (Wildman–Crippen MR) is 183 cm³/mol. The number of hydrogen-bond acceptors (Lipinski definition) is 4. The third kappa shape index (κ3) is 25.2. The fourth-order valence-electron chi connectivity index (χ4n) is 5.75. The Morgan fingerprint density at radius 1 is 0.452 bits per heavy atom. The number of hydrogen-bond donors (Lipinski definition) is 0. The van der Waals surface area contributed by atoms with Crippen LogP contribution in [-0.4, -0.2) is 39.5 Å². The Bertz CT molecular complexity index is 558. The summed E-state index contributed by atoms with van der Waals surface area (Å²) in [5, 5.41) is 0. The van der Waals surface area contributed by atoms with E-state index in [-0.39, 0.29) is 6.10 Å². The maximum Gasteiger partial charge on any atom is 0.310 e. The van der Waals surface area contributed by atoms with Crippen LogP contribution in [-0.2, 0) is 18.9 Å². The van der Waals surface area contributed by atoms with Crippen LogP contribution >= 0.6 is 0 Å². The van der Waals surface area contributed by atoms with Gasteiger partial charge in [0.15, 0.2) is 0 Å². The molecule has 254 valence electrons. The third-order valence-corrected chi connectivity index (χ3v) is 8.55. The second-order valence-corrected chi connectivity index (χ2v) is 15.3. The molecule has 0 saturated carbocycles. The van der Waals surface area contributed by atoms with Gasteiger partial charge in [-0.05, 0) is 42.9 Å². The summed E-state index contributed by atoms with van der Waals surface area (Å²) in [6, 6.07) is 0. The van der Waals surface area contributed by atoms with Crippen molar-refractivity contribution in [2.45, 2.75) is 208 Å². The topological polar surface area (TPSA) is 36.9 Å². The zero-order chi connectivity index (χ0) is 31.6. The van der Waals surface area contributed by atoms with Crippen molar-refractivity contribution >= 4 is 0 Å². The maximum atomic E-state index is 6.48. The molecule has 4 nitrogen and oxygen atoms in total. The lowest BCUT2D eigenvalue weighted by Crippen LogP contribution is -2.50. The van der Waals surface area contributed by atoms with Gasteiger partial charge in [0.25, 0.3) is 0 Å². The van der Waals surface area contributed by atoms with Crippen LogP contribution in [0.5, 0.6) is 0 Å². The molecule has 1 atom stereocenters. The molecular weight excluding hydrogens is 520 g/mol. The molecule has 0 saturated heterocycles. The molecule has 0 aromatic carbocycles. The van der Waals surface area contributed by atoms with Gasteiger partial charge in [-0.3, -0.25) is 0 Å². The Morgan fingerprint density at radius 3 is 1.26 bits per heavy atom. The van der Waals surface area contributed by atoms with E-state index in [0.29, 0.717) is 17.4 Å². The van der Waals surface area contributed by atoms with Gasteiger partial charge in [0.2, 0.25) is 0 Å². The zero-order valence-corrected chi connectivity index (χ0v) is 30.4. The highest BCUT2D eigenvalue weighted by molar-refractivity contribution is 4.73. The summed E-state index contributed by atoms with van der Waals surface area (Å²) in [6.45, 7) is 17.7. The molecule has 0 rings (SSSR count). The van der Waals surface area contributed by atoms with Crippen molar-refractivity contribution in [1.29, 1.82) is 0 Å². The molecule has 0 aromatic heterocycles. The number of methoxy groups -OCH3 is 2. The first-order valence-electron chi connectivity index (χ1n) is 18.4. The first-order chi connectivity index (χ1) is 20.0. The molecule has 0 spiro atoms. The molecule has 0 aliphatic carbocycles. The Kier molecular flexibility index (Phi) is 26.0. The van der Waals surface area contributed by atoms with E-state index in [2.05, 4.69) is 48.5 Å². The molecule has 0 N–H and O–H groups in total. The molecule has 0 fully saturated rings. The van der Waals surface area contributed by atoms with Gasteiger partial charge in [-0.25, -0.2) is 0 Å². The Morgan fingerprint density at radius 2 is 0.833 bits per heavy atom. The van der Waals surface area contributed by atoms with E-state index in [4.69, 9.17) is 18.9 Å². The lowest BCUT2D eigenvalue weighted by atomic mass is 9.89.